The van der Waals surface area contributed by atoms with Gasteiger partial charge in [-0.25, -0.2) is 9.36 Å². The van der Waals surface area contributed by atoms with Crippen LogP contribution in [0.1, 0.15) is 81.9 Å². The molecule has 9 N–H and O–H groups in total. The topological polar surface area (TPSA) is 264 Å². The summed E-state index contributed by atoms with van der Waals surface area (Å²) in [5, 5.41) is 20.6. The molecule has 0 unspecified atom stereocenters. The Balaban J connectivity index is 1.49. The summed E-state index contributed by atoms with van der Waals surface area (Å²) in [5.74, 6) is -4.17. The van der Waals surface area contributed by atoms with E-state index in [4.69, 9.17) is 15.5 Å². The van der Waals surface area contributed by atoms with E-state index in [1.165, 1.54) is 24.3 Å². The number of unbranched alkanes of at least 4 members (excludes halogenated alkanes) is 4. The fraction of sp³-hybridized carbons (Fsp3) is 0.429. The van der Waals surface area contributed by atoms with Gasteiger partial charge in [-0.15, -0.1) is 0 Å². The third-order valence-corrected chi connectivity index (χ3v) is 10.1. The van der Waals surface area contributed by atoms with Crippen molar-refractivity contribution in [1.29, 1.82) is 0 Å². The molecule has 16 nitrogen and oxygen atoms in total. The van der Waals surface area contributed by atoms with E-state index in [9.17, 15) is 38.4 Å². The van der Waals surface area contributed by atoms with Crippen LogP contribution in [-0.4, -0.2) is 74.6 Å². The van der Waals surface area contributed by atoms with Crippen LogP contribution in [0.4, 0.5) is 0 Å². The summed E-state index contributed by atoms with van der Waals surface area (Å²) in [4.78, 5) is 95.0. The van der Waals surface area contributed by atoms with E-state index in [-0.39, 0.29) is 49.7 Å². The van der Waals surface area contributed by atoms with Crippen LogP contribution in [0.5, 0.6) is 5.75 Å². The number of phosphoric acid groups is 1. The highest BCUT2D eigenvalue weighted by molar-refractivity contribution is 7.46. The highest BCUT2D eigenvalue weighted by Crippen LogP contribution is 2.37. The van der Waals surface area contributed by atoms with E-state index in [1.807, 2.05) is 44.2 Å². The van der Waals surface area contributed by atoms with Crippen molar-refractivity contribution < 1.29 is 52.7 Å². The van der Waals surface area contributed by atoms with E-state index in [2.05, 4.69) is 25.8 Å². The molecule has 0 heterocycles. The molecular weight excluding hydrogens is 781 g/mol. The number of rotatable bonds is 26. The second-order valence-corrected chi connectivity index (χ2v) is 15.7. The van der Waals surface area contributed by atoms with Crippen molar-refractivity contribution in [3.05, 3.63) is 102 Å². The first-order valence-corrected chi connectivity index (χ1v) is 21.2. The van der Waals surface area contributed by atoms with Gasteiger partial charge in [-0.05, 0) is 47.6 Å². The first-order valence-electron chi connectivity index (χ1n) is 19.7. The van der Waals surface area contributed by atoms with Crippen molar-refractivity contribution in [2.45, 2.75) is 109 Å². The van der Waals surface area contributed by atoms with Crippen LogP contribution in [0.15, 0.2) is 84.9 Å². The molecular formula is C42H56N5O11P. The molecule has 0 aromatic heterocycles. The molecule has 320 valence electrons. The Hall–Kier alpha value is -5.57. The van der Waals surface area contributed by atoms with Gasteiger partial charge in [0.25, 0.3) is 0 Å². The first kappa shape index (κ1) is 47.8. The summed E-state index contributed by atoms with van der Waals surface area (Å²) >= 11 is 0. The quantitative estimate of drug-likeness (QED) is 0.0429. The standard InChI is InChI=1S/C42H56N5O11P/c1-3-28(2)38(41(52)45-33(39(43)50)25-29-15-9-7-10-16-29)47-37(49)20-14-6-4-5-13-19-36(48)44-34(26-31-21-23-32(24-22-31)58-59(55,56)57)40(51)46-35(42(53)54)27-30-17-11-8-12-18-30/h7-12,15-18,21-24,28,33-35,38H,3-6,13-14,19-20,25-27H2,1-2H3,(H2,43,50)(H,44,48)(H,45,52)(H,46,51)(H,47,49)(H,53,54)(H2,55,56,57)/t28-,33+,34+,35+,38+/m1/s1. The van der Waals surface area contributed by atoms with Crippen molar-refractivity contribution >= 4 is 43.3 Å². The highest BCUT2D eigenvalue weighted by atomic mass is 31.2. The van der Waals surface area contributed by atoms with E-state index < -0.39 is 61.6 Å². The zero-order valence-electron chi connectivity index (χ0n) is 33.4. The Kier molecular flexibility index (Phi) is 19.7. The molecule has 17 heteroatoms. The number of carbonyl (C=O) groups is 6. The van der Waals surface area contributed by atoms with E-state index in [0.29, 0.717) is 49.7 Å². The monoisotopic (exact) mass is 837 g/mol. The minimum atomic E-state index is -4.79. The van der Waals surface area contributed by atoms with Gasteiger partial charge in [-0.2, -0.15) is 0 Å². The lowest BCUT2D eigenvalue weighted by molar-refractivity contribution is -0.142. The minimum absolute atomic E-state index is 0.0129. The number of hydrogen-bond acceptors (Lipinski definition) is 8. The summed E-state index contributed by atoms with van der Waals surface area (Å²) in [5.41, 5.74) is 7.61. The number of amides is 5. The predicted molar refractivity (Wildman–Crippen MR) is 219 cm³/mol. The Morgan fingerprint density at radius 3 is 1.58 bits per heavy atom. The average Bonchev–Trinajstić information content (AvgIpc) is 3.19. The maximum Gasteiger partial charge on any atom is 0.524 e. The normalized spacial score (nSPS) is 13.8. The Bertz CT molecular complexity index is 1880. The smallest absolute Gasteiger partial charge is 0.480 e. The Labute approximate surface area is 344 Å². The molecule has 0 saturated heterocycles. The van der Waals surface area contributed by atoms with Crippen molar-refractivity contribution in [2.24, 2.45) is 11.7 Å². The number of carbonyl (C=O) groups excluding carboxylic acids is 5. The van der Waals surface area contributed by atoms with Crippen molar-refractivity contribution in [3.63, 3.8) is 0 Å². The molecule has 0 saturated carbocycles. The fourth-order valence-electron chi connectivity index (χ4n) is 6.24. The van der Waals surface area contributed by atoms with Crippen LogP contribution >= 0.6 is 7.82 Å². The summed E-state index contributed by atoms with van der Waals surface area (Å²) in [7, 11) is -4.79. The van der Waals surface area contributed by atoms with Gasteiger partial charge in [0.2, 0.25) is 29.5 Å². The molecule has 0 aliphatic carbocycles. The second kappa shape index (κ2) is 24.4. The van der Waals surface area contributed by atoms with Gasteiger partial charge in [0.1, 0.15) is 29.9 Å². The summed E-state index contributed by atoms with van der Waals surface area (Å²) < 4.78 is 15.8. The molecule has 0 spiro atoms. The highest BCUT2D eigenvalue weighted by Gasteiger charge is 2.30. The zero-order valence-corrected chi connectivity index (χ0v) is 34.3. The van der Waals surface area contributed by atoms with Gasteiger partial charge in [-0.3, -0.25) is 33.8 Å². The minimum Gasteiger partial charge on any atom is -0.480 e. The van der Waals surface area contributed by atoms with Gasteiger partial charge in [0, 0.05) is 32.1 Å². The van der Waals surface area contributed by atoms with Gasteiger partial charge in [0.15, 0.2) is 0 Å². The SMILES string of the molecule is CC[C@@H](C)[C@H](NC(=O)CCCCCCCC(=O)N[C@@H](Cc1ccc(OP(=O)(O)O)cc1)C(=O)N[C@@H](Cc1ccccc1)C(=O)O)C(=O)N[C@@H](Cc1ccccc1)C(N)=O. The lowest BCUT2D eigenvalue weighted by Crippen LogP contribution is -2.55. The fourth-order valence-corrected chi connectivity index (χ4v) is 6.64. The molecule has 0 aliphatic heterocycles. The number of phosphoric ester groups is 1. The number of nitrogens with one attached hydrogen (secondary N) is 4. The predicted octanol–water partition coefficient (Wildman–Crippen LogP) is 3.47. The number of primary amides is 1. The maximum atomic E-state index is 13.5. The molecule has 3 rings (SSSR count). The molecule has 5 atom stereocenters. The lowest BCUT2D eigenvalue weighted by Gasteiger charge is -2.26. The number of nitrogens with two attached hydrogens (primary N) is 1. The molecule has 59 heavy (non-hydrogen) atoms. The van der Waals surface area contributed by atoms with Gasteiger partial charge in [-0.1, -0.05) is 112 Å². The molecule has 0 bridgehead atoms. The number of aliphatic carboxylic acids is 1. The summed E-state index contributed by atoms with van der Waals surface area (Å²) in [6.07, 6.45) is 4.11. The molecule has 3 aromatic carbocycles. The lowest BCUT2D eigenvalue weighted by atomic mass is 9.97. The molecule has 3 aromatic rings. The van der Waals surface area contributed by atoms with Gasteiger partial charge >= 0.3 is 13.8 Å². The van der Waals surface area contributed by atoms with Crippen LogP contribution in [0.25, 0.3) is 0 Å². The number of benzene rings is 3. The van der Waals surface area contributed by atoms with Crippen molar-refractivity contribution in [1.82, 2.24) is 21.3 Å². The third-order valence-electron chi connectivity index (χ3n) is 9.70. The number of hydrogen-bond donors (Lipinski definition) is 8. The Morgan fingerprint density at radius 2 is 1.08 bits per heavy atom. The van der Waals surface area contributed by atoms with Crippen LogP contribution in [0.3, 0.4) is 0 Å². The van der Waals surface area contributed by atoms with Crippen LogP contribution in [0, 0.1) is 5.92 Å². The number of carboxylic acids is 1. The molecule has 0 fully saturated rings. The molecule has 0 aliphatic rings. The molecule has 5 amide bonds. The maximum absolute atomic E-state index is 13.5. The van der Waals surface area contributed by atoms with E-state index >= 15 is 0 Å². The Morgan fingerprint density at radius 1 is 0.627 bits per heavy atom. The third kappa shape index (κ3) is 18.3. The van der Waals surface area contributed by atoms with E-state index in [0.717, 1.165) is 5.56 Å². The van der Waals surface area contributed by atoms with E-state index in [1.54, 1.807) is 30.3 Å². The van der Waals surface area contributed by atoms with Crippen molar-refractivity contribution in [3.8, 4) is 5.75 Å². The van der Waals surface area contributed by atoms with Crippen LogP contribution in [-0.2, 0) is 52.6 Å². The van der Waals surface area contributed by atoms with Gasteiger partial charge in [0.05, 0.1) is 0 Å². The van der Waals surface area contributed by atoms with Crippen LogP contribution in [0.2, 0.25) is 0 Å². The zero-order chi connectivity index (χ0) is 43.4. The van der Waals surface area contributed by atoms with Gasteiger partial charge < -0.3 is 36.6 Å². The summed E-state index contributed by atoms with van der Waals surface area (Å²) in [6, 6.07) is 19.2. The number of carboxylic acid groups (broad SMARTS) is 1. The molecule has 0 radical (unpaired) electrons. The first-order chi connectivity index (χ1) is 28.0. The largest absolute Gasteiger partial charge is 0.524 e. The van der Waals surface area contributed by atoms with Crippen LogP contribution < -0.4 is 31.5 Å². The average molecular weight is 838 g/mol. The summed E-state index contributed by atoms with van der Waals surface area (Å²) in [6.45, 7) is 3.74. The second-order valence-electron chi connectivity index (χ2n) is 14.5. The van der Waals surface area contributed by atoms with Crippen molar-refractivity contribution in [2.75, 3.05) is 0 Å².